The molecule has 2 aliphatic heterocycles. The molecule has 5 rings (SSSR count). The monoisotopic (exact) mass is 537 g/mol. The molecule has 0 bridgehead atoms. The van der Waals surface area contributed by atoms with E-state index in [1.54, 1.807) is 50.8 Å². The van der Waals surface area contributed by atoms with Crippen molar-refractivity contribution in [2.75, 3.05) is 38.8 Å². The summed E-state index contributed by atoms with van der Waals surface area (Å²) in [6, 6.07) is 8.43. The van der Waals surface area contributed by atoms with E-state index in [9.17, 15) is 9.59 Å². The fraction of sp³-hybridized carbons (Fsp3) is 0.393. The van der Waals surface area contributed by atoms with Crippen molar-refractivity contribution >= 4 is 29.3 Å². The van der Waals surface area contributed by atoms with Crippen LogP contribution in [-0.4, -0.2) is 44.5 Å². The molecule has 1 fully saturated rings. The van der Waals surface area contributed by atoms with Crippen molar-refractivity contribution in [2.24, 2.45) is 4.99 Å². The maximum atomic E-state index is 13.8. The lowest BCUT2D eigenvalue weighted by Crippen LogP contribution is -2.39. The van der Waals surface area contributed by atoms with Crippen LogP contribution in [0.4, 0.5) is 5.88 Å². The Morgan fingerprint density at radius 3 is 2.61 bits per heavy atom. The Hall–Kier alpha value is -3.79. The Morgan fingerprint density at radius 2 is 1.89 bits per heavy atom. The van der Waals surface area contributed by atoms with Gasteiger partial charge in [-0.2, -0.15) is 0 Å². The number of ether oxygens (including phenoxy) is 3. The summed E-state index contributed by atoms with van der Waals surface area (Å²) < 4.78 is 24.4. The van der Waals surface area contributed by atoms with Gasteiger partial charge in [0.25, 0.3) is 5.56 Å². The summed E-state index contributed by atoms with van der Waals surface area (Å²) in [7, 11) is 3.10. The Balaban J connectivity index is 1.63. The third-order valence-corrected chi connectivity index (χ3v) is 7.78. The third kappa shape index (κ3) is 4.76. The summed E-state index contributed by atoms with van der Waals surface area (Å²) in [4.78, 5) is 34.3. The first-order valence-corrected chi connectivity index (χ1v) is 13.5. The molecule has 0 saturated carbocycles. The molecule has 0 unspecified atom stereocenters. The second-order valence-corrected chi connectivity index (χ2v) is 10.1. The van der Waals surface area contributed by atoms with E-state index in [2.05, 4.69) is 9.89 Å². The molecule has 0 N–H and O–H groups in total. The zero-order valence-electron chi connectivity index (χ0n) is 22.0. The molecule has 0 aliphatic carbocycles. The lowest BCUT2D eigenvalue weighted by Gasteiger charge is -2.25. The number of benzene rings is 1. The molecular weight excluding hydrogens is 506 g/mol. The molecule has 9 nitrogen and oxygen atoms in total. The number of methoxy groups -OCH3 is 2. The molecule has 38 heavy (non-hydrogen) atoms. The van der Waals surface area contributed by atoms with Crippen LogP contribution in [0.2, 0.25) is 0 Å². The number of hydrogen-bond donors (Lipinski definition) is 0. The van der Waals surface area contributed by atoms with Gasteiger partial charge >= 0.3 is 5.97 Å². The first kappa shape index (κ1) is 25.8. The number of fused-ring (bicyclic) bond motifs is 1. The fourth-order valence-electron chi connectivity index (χ4n) is 4.96. The van der Waals surface area contributed by atoms with Crippen LogP contribution < -0.4 is 29.3 Å². The molecule has 200 valence electrons. The molecular formula is C28H31N3O6S. The van der Waals surface area contributed by atoms with Crippen LogP contribution in [-0.2, 0) is 9.53 Å². The lowest BCUT2D eigenvalue weighted by atomic mass is 9.95. The molecule has 3 aromatic rings. The topological polar surface area (TPSA) is 95.5 Å². The van der Waals surface area contributed by atoms with Crippen LogP contribution in [0.15, 0.2) is 55.8 Å². The van der Waals surface area contributed by atoms with E-state index in [4.69, 9.17) is 18.6 Å². The number of esters is 1. The van der Waals surface area contributed by atoms with E-state index in [0.717, 1.165) is 31.8 Å². The van der Waals surface area contributed by atoms with E-state index in [1.807, 2.05) is 18.2 Å². The van der Waals surface area contributed by atoms with Crippen molar-refractivity contribution < 1.29 is 23.4 Å². The predicted octanol–water partition coefficient (Wildman–Crippen LogP) is 3.40. The van der Waals surface area contributed by atoms with E-state index in [0.29, 0.717) is 43.4 Å². The highest BCUT2D eigenvalue weighted by Gasteiger charge is 2.34. The lowest BCUT2D eigenvalue weighted by molar-refractivity contribution is -0.139. The van der Waals surface area contributed by atoms with Crippen LogP contribution in [0.25, 0.3) is 6.08 Å². The molecule has 2 aromatic heterocycles. The normalized spacial score (nSPS) is 17.7. The summed E-state index contributed by atoms with van der Waals surface area (Å²) in [5.74, 6) is 1.93. The number of rotatable bonds is 7. The van der Waals surface area contributed by atoms with Gasteiger partial charge in [0, 0.05) is 25.2 Å². The van der Waals surface area contributed by atoms with Crippen LogP contribution in [0.1, 0.15) is 50.5 Å². The molecule has 1 saturated heterocycles. The molecule has 2 aliphatic rings. The van der Waals surface area contributed by atoms with Gasteiger partial charge in [-0.1, -0.05) is 17.4 Å². The number of nitrogens with zero attached hydrogens (tertiary/aromatic N) is 3. The number of carbonyl (C=O) groups excluding carboxylic acids is 1. The zero-order valence-corrected chi connectivity index (χ0v) is 22.8. The molecule has 1 atom stereocenters. The maximum absolute atomic E-state index is 13.8. The van der Waals surface area contributed by atoms with Crippen LogP contribution in [0, 0.1) is 0 Å². The number of anilines is 1. The number of thiazole rings is 1. The standard InChI is InChI=1S/C28H31N3O6S/c1-5-36-27(33)24-17(2)29-28-31(25(24)18-9-11-20(34-3)21(15-18)35-4)26(32)22(38-28)16-19-10-12-23(37-19)30-13-7-6-8-14-30/h9-12,15-16,25H,5-8,13-14H2,1-4H3/t25-/m1/s1. The molecule has 10 heteroatoms. The predicted molar refractivity (Wildman–Crippen MR) is 145 cm³/mol. The number of furan rings is 1. The molecule has 0 spiro atoms. The Kier molecular flexibility index (Phi) is 7.42. The van der Waals surface area contributed by atoms with Crippen LogP contribution >= 0.6 is 11.3 Å². The van der Waals surface area contributed by atoms with E-state index in [1.165, 1.54) is 17.8 Å². The van der Waals surface area contributed by atoms with Crippen LogP contribution in [0.3, 0.4) is 0 Å². The summed E-state index contributed by atoms with van der Waals surface area (Å²) in [5.41, 5.74) is 1.22. The van der Waals surface area contributed by atoms with Gasteiger partial charge in [0.1, 0.15) is 5.76 Å². The average molecular weight is 538 g/mol. The number of carbonyl (C=O) groups is 1. The number of aromatic nitrogens is 1. The van der Waals surface area contributed by atoms with Crippen molar-refractivity contribution in [3.05, 3.63) is 72.6 Å². The van der Waals surface area contributed by atoms with Gasteiger partial charge in [0.05, 0.1) is 42.7 Å². The minimum atomic E-state index is -0.743. The molecule has 1 aromatic carbocycles. The Bertz CT molecular complexity index is 1560. The second kappa shape index (κ2) is 10.9. The third-order valence-electron chi connectivity index (χ3n) is 6.79. The highest BCUT2D eigenvalue weighted by molar-refractivity contribution is 7.07. The number of allylic oxidation sites excluding steroid dienone is 1. The minimum Gasteiger partial charge on any atom is -0.493 e. The smallest absolute Gasteiger partial charge is 0.338 e. The van der Waals surface area contributed by atoms with Crippen molar-refractivity contribution in [1.29, 1.82) is 0 Å². The largest absolute Gasteiger partial charge is 0.493 e. The van der Waals surface area contributed by atoms with E-state index < -0.39 is 12.0 Å². The zero-order chi connectivity index (χ0) is 26.8. The SMILES string of the molecule is CCOC(=O)C1=C(C)N=c2sc(=Cc3ccc(N4CCCCC4)o3)c(=O)n2[C@@H]1c1ccc(OC)c(OC)c1. The minimum absolute atomic E-state index is 0.205. The highest BCUT2D eigenvalue weighted by Crippen LogP contribution is 2.36. The van der Waals surface area contributed by atoms with Gasteiger partial charge < -0.3 is 23.5 Å². The van der Waals surface area contributed by atoms with Crippen molar-refractivity contribution in [3.8, 4) is 11.5 Å². The van der Waals surface area contributed by atoms with Gasteiger partial charge in [0.2, 0.25) is 0 Å². The first-order chi connectivity index (χ1) is 18.4. The summed E-state index contributed by atoms with van der Waals surface area (Å²) in [5, 5.41) is 0. The van der Waals surface area contributed by atoms with Crippen LogP contribution in [0.5, 0.6) is 11.5 Å². The van der Waals surface area contributed by atoms with Crippen molar-refractivity contribution in [3.63, 3.8) is 0 Å². The quantitative estimate of drug-likeness (QED) is 0.427. The number of hydrogen-bond acceptors (Lipinski definition) is 9. The molecule has 4 heterocycles. The van der Waals surface area contributed by atoms with Gasteiger partial charge in [-0.25, -0.2) is 9.79 Å². The average Bonchev–Trinajstić information content (AvgIpc) is 3.52. The van der Waals surface area contributed by atoms with Crippen molar-refractivity contribution in [1.82, 2.24) is 4.57 Å². The summed E-state index contributed by atoms with van der Waals surface area (Å²) in [6.45, 7) is 5.65. The Labute approximate surface area is 224 Å². The number of piperidine rings is 1. The van der Waals surface area contributed by atoms with Gasteiger partial charge in [-0.15, -0.1) is 0 Å². The Morgan fingerprint density at radius 1 is 1.13 bits per heavy atom. The summed E-state index contributed by atoms with van der Waals surface area (Å²) >= 11 is 1.26. The van der Waals surface area contributed by atoms with E-state index in [-0.39, 0.29) is 12.2 Å². The van der Waals surface area contributed by atoms with Gasteiger partial charge in [-0.3, -0.25) is 9.36 Å². The second-order valence-electron chi connectivity index (χ2n) is 9.14. The maximum Gasteiger partial charge on any atom is 0.338 e. The van der Waals surface area contributed by atoms with Crippen molar-refractivity contribution in [2.45, 2.75) is 39.2 Å². The van der Waals surface area contributed by atoms with E-state index >= 15 is 0 Å². The summed E-state index contributed by atoms with van der Waals surface area (Å²) in [6.07, 6.45) is 5.27. The molecule has 0 amide bonds. The fourth-order valence-corrected chi connectivity index (χ4v) is 5.99. The highest BCUT2D eigenvalue weighted by atomic mass is 32.1. The van der Waals surface area contributed by atoms with Gasteiger partial charge in [0.15, 0.2) is 22.2 Å². The van der Waals surface area contributed by atoms with Gasteiger partial charge in [-0.05, 0) is 56.9 Å². The molecule has 0 radical (unpaired) electrons. The first-order valence-electron chi connectivity index (χ1n) is 12.7.